The smallest absolute Gasteiger partial charge is 0.232 e. The molecule has 0 aliphatic carbocycles. The fourth-order valence-electron chi connectivity index (χ4n) is 2.91. The summed E-state index contributed by atoms with van der Waals surface area (Å²) >= 11 is 0. The van der Waals surface area contributed by atoms with Gasteiger partial charge in [-0.3, -0.25) is 0 Å². The molecule has 3 aromatic carbocycles. The van der Waals surface area contributed by atoms with Gasteiger partial charge in [0, 0.05) is 0 Å². The maximum atomic E-state index is 2.23. The van der Waals surface area contributed by atoms with Gasteiger partial charge in [-0.2, -0.15) is 4.57 Å². The second kappa shape index (κ2) is 5.15. The van der Waals surface area contributed by atoms with Crippen molar-refractivity contribution in [3.8, 4) is 16.8 Å². The van der Waals surface area contributed by atoms with Crippen molar-refractivity contribution in [3.05, 3.63) is 85.2 Å². The fourth-order valence-corrected chi connectivity index (χ4v) is 2.91. The first-order valence-corrected chi connectivity index (χ1v) is 7.44. The third kappa shape index (κ3) is 2.09. The van der Waals surface area contributed by atoms with Crippen LogP contribution in [-0.4, -0.2) is 4.57 Å². The molecule has 1 aromatic heterocycles. The number of aromatic nitrogens is 2. The van der Waals surface area contributed by atoms with Crippen LogP contribution in [0, 0.1) is 0 Å². The van der Waals surface area contributed by atoms with Crippen LogP contribution in [0.3, 0.4) is 0 Å². The molecule has 0 radical (unpaired) electrons. The van der Waals surface area contributed by atoms with E-state index in [0.717, 1.165) is 0 Å². The van der Waals surface area contributed by atoms with E-state index in [9.17, 15) is 0 Å². The average Bonchev–Trinajstić information content (AvgIpc) is 2.93. The van der Waals surface area contributed by atoms with Crippen LogP contribution in [0.2, 0.25) is 0 Å². The van der Waals surface area contributed by atoms with E-state index in [2.05, 4.69) is 95.3 Å². The summed E-state index contributed by atoms with van der Waals surface area (Å²) in [6.07, 6.45) is 2.13. The number of fused-ring (bicyclic) bond motifs is 1. The molecule has 22 heavy (non-hydrogen) atoms. The van der Waals surface area contributed by atoms with Crippen LogP contribution in [0.4, 0.5) is 0 Å². The minimum absolute atomic E-state index is 1.18. The summed E-state index contributed by atoms with van der Waals surface area (Å²) in [5.74, 6) is 0. The second-order valence-corrected chi connectivity index (χ2v) is 5.50. The lowest BCUT2D eigenvalue weighted by Crippen LogP contribution is -2.25. The summed E-state index contributed by atoms with van der Waals surface area (Å²) in [5.41, 5.74) is 6.12. The van der Waals surface area contributed by atoms with Gasteiger partial charge in [-0.1, -0.05) is 54.6 Å². The van der Waals surface area contributed by atoms with Crippen molar-refractivity contribution >= 4 is 11.0 Å². The largest absolute Gasteiger partial charge is 0.249 e. The van der Waals surface area contributed by atoms with Crippen LogP contribution in [0.15, 0.2) is 85.2 Å². The van der Waals surface area contributed by atoms with Gasteiger partial charge in [0.05, 0.1) is 7.05 Å². The van der Waals surface area contributed by atoms with Crippen LogP contribution in [-0.2, 0) is 7.05 Å². The molecule has 4 aromatic rings. The Kier molecular flexibility index (Phi) is 3.01. The molecule has 1 heterocycles. The maximum Gasteiger partial charge on any atom is 0.249 e. The van der Waals surface area contributed by atoms with Gasteiger partial charge in [0.2, 0.25) is 6.33 Å². The van der Waals surface area contributed by atoms with Crippen molar-refractivity contribution < 1.29 is 4.57 Å². The molecule has 2 heteroatoms. The van der Waals surface area contributed by atoms with Crippen LogP contribution in [0.5, 0.6) is 0 Å². The molecule has 2 nitrogen and oxygen atoms in total. The Hall–Kier alpha value is -2.87. The van der Waals surface area contributed by atoms with Crippen molar-refractivity contribution in [3.63, 3.8) is 0 Å². The number of nitrogens with zero attached hydrogens (tertiary/aromatic N) is 2. The summed E-state index contributed by atoms with van der Waals surface area (Å²) in [5, 5.41) is 0. The Morgan fingerprint density at radius 3 is 2.09 bits per heavy atom. The number of hydrogen-bond donors (Lipinski definition) is 0. The molecular formula is C20H17N2+. The van der Waals surface area contributed by atoms with E-state index in [1.54, 1.807) is 0 Å². The predicted molar refractivity (Wildman–Crippen MR) is 89.9 cm³/mol. The van der Waals surface area contributed by atoms with Gasteiger partial charge >= 0.3 is 0 Å². The minimum atomic E-state index is 1.18. The van der Waals surface area contributed by atoms with E-state index in [0.29, 0.717) is 0 Å². The quantitative estimate of drug-likeness (QED) is 0.490. The first-order valence-electron chi connectivity index (χ1n) is 7.44. The van der Waals surface area contributed by atoms with Crippen molar-refractivity contribution in [1.29, 1.82) is 0 Å². The zero-order valence-corrected chi connectivity index (χ0v) is 12.5. The monoisotopic (exact) mass is 285 g/mol. The summed E-state index contributed by atoms with van der Waals surface area (Å²) in [4.78, 5) is 0. The SMILES string of the molecule is C[n+]1cn(-c2ccc(-c3ccccc3)cc2)c2ccccc21. The molecule has 0 aliphatic rings. The van der Waals surface area contributed by atoms with Crippen LogP contribution >= 0.6 is 0 Å². The molecule has 0 aliphatic heterocycles. The van der Waals surface area contributed by atoms with Gasteiger partial charge < -0.3 is 0 Å². The van der Waals surface area contributed by atoms with E-state index in [-0.39, 0.29) is 0 Å². The highest BCUT2D eigenvalue weighted by Crippen LogP contribution is 2.22. The lowest BCUT2D eigenvalue weighted by Gasteiger charge is -2.02. The summed E-state index contributed by atoms with van der Waals surface area (Å²) in [6.45, 7) is 0. The Labute approximate surface area is 129 Å². The Balaban J connectivity index is 1.80. The highest BCUT2D eigenvalue weighted by atomic mass is 15.1. The summed E-state index contributed by atoms with van der Waals surface area (Å²) < 4.78 is 4.38. The zero-order chi connectivity index (χ0) is 14.9. The van der Waals surface area contributed by atoms with Crippen molar-refractivity contribution in [1.82, 2.24) is 4.57 Å². The molecule has 0 fully saturated rings. The number of hydrogen-bond acceptors (Lipinski definition) is 0. The molecule has 0 spiro atoms. The second-order valence-electron chi connectivity index (χ2n) is 5.50. The maximum absolute atomic E-state index is 2.23. The minimum Gasteiger partial charge on any atom is -0.232 e. The number of rotatable bonds is 2. The highest BCUT2D eigenvalue weighted by Gasteiger charge is 2.14. The number of para-hydroxylation sites is 2. The number of imidazole rings is 1. The van der Waals surface area contributed by atoms with Crippen LogP contribution in [0.25, 0.3) is 27.8 Å². The molecule has 106 valence electrons. The van der Waals surface area contributed by atoms with Gasteiger partial charge in [-0.25, -0.2) is 4.57 Å². The van der Waals surface area contributed by atoms with Crippen molar-refractivity contribution in [2.75, 3.05) is 0 Å². The molecule has 4 rings (SSSR count). The number of aryl methyl sites for hydroxylation is 1. The Morgan fingerprint density at radius 2 is 1.32 bits per heavy atom. The molecule has 0 atom stereocenters. The normalized spacial score (nSPS) is 11.0. The molecular weight excluding hydrogens is 268 g/mol. The Bertz CT molecular complexity index is 919. The van der Waals surface area contributed by atoms with Crippen LogP contribution in [0.1, 0.15) is 0 Å². The molecule has 0 saturated carbocycles. The third-order valence-corrected chi connectivity index (χ3v) is 4.06. The lowest BCUT2D eigenvalue weighted by molar-refractivity contribution is -0.645. The van der Waals surface area contributed by atoms with Gasteiger partial charge in [-0.05, 0) is 35.4 Å². The predicted octanol–water partition coefficient (Wildman–Crippen LogP) is 4.12. The standard InChI is InChI=1S/C20H17N2/c1-21-15-22(20-10-6-5-9-19(20)21)18-13-11-17(12-14-18)16-7-3-2-4-8-16/h2-15H,1H3/q+1. The average molecular weight is 285 g/mol. The van der Waals surface area contributed by atoms with Crippen molar-refractivity contribution in [2.24, 2.45) is 7.05 Å². The summed E-state index contributed by atoms with van der Waals surface area (Å²) in [6, 6.07) is 27.6. The lowest BCUT2D eigenvalue weighted by atomic mass is 10.1. The van der Waals surface area contributed by atoms with E-state index in [1.165, 1.54) is 27.8 Å². The molecule has 0 bridgehead atoms. The van der Waals surface area contributed by atoms with E-state index >= 15 is 0 Å². The Morgan fingerprint density at radius 1 is 0.682 bits per heavy atom. The zero-order valence-electron chi connectivity index (χ0n) is 12.5. The van der Waals surface area contributed by atoms with Gasteiger partial charge in [0.25, 0.3) is 0 Å². The third-order valence-electron chi connectivity index (χ3n) is 4.06. The van der Waals surface area contributed by atoms with Gasteiger partial charge in [0.1, 0.15) is 5.69 Å². The highest BCUT2D eigenvalue weighted by molar-refractivity contribution is 5.74. The van der Waals surface area contributed by atoms with E-state index in [1.807, 2.05) is 6.07 Å². The van der Waals surface area contributed by atoms with Gasteiger partial charge in [0.15, 0.2) is 11.0 Å². The summed E-state index contributed by atoms with van der Waals surface area (Å²) in [7, 11) is 2.08. The molecule has 0 saturated heterocycles. The molecule has 0 amide bonds. The van der Waals surface area contributed by atoms with E-state index in [4.69, 9.17) is 0 Å². The van der Waals surface area contributed by atoms with Crippen molar-refractivity contribution in [2.45, 2.75) is 0 Å². The topological polar surface area (TPSA) is 8.81 Å². The fraction of sp³-hybridized carbons (Fsp3) is 0.0500. The first kappa shape index (κ1) is 12.8. The molecule has 0 N–H and O–H groups in total. The van der Waals surface area contributed by atoms with Gasteiger partial charge in [-0.15, -0.1) is 0 Å². The molecule has 0 unspecified atom stereocenters. The number of benzene rings is 3. The van der Waals surface area contributed by atoms with E-state index < -0.39 is 0 Å². The first-order chi connectivity index (χ1) is 10.8. The van der Waals surface area contributed by atoms with Crippen LogP contribution < -0.4 is 4.57 Å².